The molecule has 1 aliphatic carbocycles. The minimum Gasteiger partial charge on any atom is -0.490 e. The molecule has 0 aliphatic heterocycles. The van der Waals surface area contributed by atoms with Crippen LogP contribution in [0.3, 0.4) is 0 Å². The third kappa shape index (κ3) is 3.90. The molecule has 2 heteroatoms. The second-order valence-electron chi connectivity index (χ2n) is 4.62. The number of allylic oxidation sites excluding steroid dienone is 1. The largest absolute Gasteiger partial charge is 0.490 e. The highest BCUT2D eigenvalue weighted by Gasteiger charge is 2.23. The Labute approximate surface area is 104 Å². The molecule has 0 spiro atoms. The summed E-state index contributed by atoms with van der Waals surface area (Å²) in [5, 5.41) is 3.15. The van der Waals surface area contributed by atoms with Crippen LogP contribution < -0.4 is 10.1 Å². The van der Waals surface area contributed by atoms with Gasteiger partial charge in [0.2, 0.25) is 0 Å². The van der Waals surface area contributed by atoms with E-state index in [0.717, 1.165) is 18.7 Å². The summed E-state index contributed by atoms with van der Waals surface area (Å²) in [5.41, 5.74) is 2.58. The minimum atomic E-state index is 0.471. The lowest BCUT2D eigenvalue weighted by atomic mass is 10.1. The van der Waals surface area contributed by atoms with Gasteiger partial charge in [-0.05, 0) is 63.0 Å². The number of rotatable bonds is 6. The number of nitrogens with one attached hydrogen (secondary N) is 1. The summed E-state index contributed by atoms with van der Waals surface area (Å²) in [6.07, 6.45) is 6.23. The Bertz CT molecular complexity index is 394. The van der Waals surface area contributed by atoms with Crippen molar-refractivity contribution in [2.45, 2.75) is 32.3 Å². The van der Waals surface area contributed by atoms with Crippen molar-refractivity contribution in [3.05, 3.63) is 35.9 Å². The standard InChI is InChI=1S/C15H21NO/c1-12(5-4-10-16-2)13-6-3-7-15(11-13)17-14-8-9-14/h3,5-7,11,14,16H,4,8-10H2,1-2H3/b12-5-. The van der Waals surface area contributed by atoms with E-state index in [2.05, 4.69) is 36.5 Å². The SMILES string of the molecule is CNCC/C=C(/C)c1cccc(OC2CC2)c1. The van der Waals surface area contributed by atoms with Gasteiger partial charge in [0.25, 0.3) is 0 Å². The van der Waals surface area contributed by atoms with Crippen LogP contribution in [-0.2, 0) is 0 Å². The highest BCUT2D eigenvalue weighted by molar-refractivity contribution is 5.64. The van der Waals surface area contributed by atoms with Crippen LogP contribution in [0.4, 0.5) is 0 Å². The molecule has 1 saturated carbocycles. The quantitative estimate of drug-likeness (QED) is 0.759. The molecule has 2 rings (SSSR count). The van der Waals surface area contributed by atoms with Gasteiger partial charge in [0.15, 0.2) is 0 Å². The van der Waals surface area contributed by atoms with Crippen LogP contribution >= 0.6 is 0 Å². The molecule has 0 amide bonds. The van der Waals surface area contributed by atoms with Gasteiger partial charge in [0, 0.05) is 0 Å². The molecule has 0 bridgehead atoms. The Hall–Kier alpha value is -1.28. The summed E-state index contributed by atoms with van der Waals surface area (Å²) >= 11 is 0. The first-order chi connectivity index (χ1) is 8.29. The molecule has 1 aromatic rings. The molecule has 0 saturated heterocycles. The lowest BCUT2D eigenvalue weighted by Crippen LogP contribution is -2.06. The van der Waals surface area contributed by atoms with Crippen LogP contribution in [-0.4, -0.2) is 19.7 Å². The average Bonchev–Trinajstić information content (AvgIpc) is 3.13. The maximum atomic E-state index is 5.80. The zero-order chi connectivity index (χ0) is 12.1. The van der Waals surface area contributed by atoms with Gasteiger partial charge in [-0.15, -0.1) is 0 Å². The van der Waals surface area contributed by atoms with Gasteiger partial charge in [0.05, 0.1) is 6.10 Å². The Kier molecular flexibility index (Phi) is 4.21. The Morgan fingerprint density at radius 3 is 3.00 bits per heavy atom. The molecule has 0 radical (unpaired) electrons. The van der Waals surface area contributed by atoms with Crippen molar-refractivity contribution >= 4 is 5.57 Å². The van der Waals surface area contributed by atoms with E-state index in [1.807, 2.05) is 13.1 Å². The smallest absolute Gasteiger partial charge is 0.120 e. The van der Waals surface area contributed by atoms with Crippen LogP contribution in [0.1, 0.15) is 31.7 Å². The first-order valence-corrected chi connectivity index (χ1v) is 6.38. The monoisotopic (exact) mass is 231 g/mol. The molecule has 1 N–H and O–H groups in total. The molecule has 0 unspecified atom stereocenters. The molecule has 92 valence electrons. The predicted molar refractivity (Wildman–Crippen MR) is 72.3 cm³/mol. The molecule has 0 heterocycles. The topological polar surface area (TPSA) is 21.3 Å². The second kappa shape index (κ2) is 5.87. The summed E-state index contributed by atoms with van der Waals surface area (Å²) in [4.78, 5) is 0. The van der Waals surface area contributed by atoms with E-state index in [0.29, 0.717) is 6.10 Å². The molecule has 1 aliphatic rings. The molecule has 1 aromatic carbocycles. The van der Waals surface area contributed by atoms with Crippen molar-refractivity contribution in [3.63, 3.8) is 0 Å². The van der Waals surface area contributed by atoms with Gasteiger partial charge in [-0.1, -0.05) is 18.2 Å². The molecule has 2 nitrogen and oxygen atoms in total. The minimum absolute atomic E-state index is 0.471. The highest BCUT2D eigenvalue weighted by atomic mass is 16.5. The van der Waals surface area contributed by atoms with E-state index in [1.165, 1.54) is 24.0 Å². The maximum absolute atomic E-state index is 5.80. The van der Waals surface area contributed by atoms with E-state index >= 15 is 0 Å². The summed E-state index contributed by atoms with van der Waals surface area (Å²) in [7, 11) is 1.98. The molecule has 0 aromatic heterocycles. The predicted octanol–water partition coefficient (Wildman–Crippen LogP) is 3.24. The number of ether oxygens (including phenoxy) is 1. The third-order valence-corrected chi connectivity index (χ3v) is 2.96. The lowest BCUT2D eigenvalue weighted by molar-refractivity contribution is 0.303. The van der Waals surface area contributed by atoms with Crippen molar-refractivity contribution in [2.24, 2.45) is 0 Å². The number of benzene rings is 1. The second-order valence-corrected chi connectivity index (χ2v) is 4.62. The number of hydrogen-bond donors (Lipinski definition) is 1. The van der Waals surface area contributed by atoms with Crippen LogP contribution in [0.5, 0.6) is 5.75 Å². The van der Waals surface area contributed by atoms with E-state index in [9.17, 15) is 0 Å². The van der Waals surface area contributed by atoms with Gasteiger partial charge in [0.1, 0.15) is 5.75 Å². The van der Waals surface area contributed by atoms with E-state index < -0.39 is 0 Å². The van der Waals surface area contributed by atoms with Crippen molar-refractivity contribution in [2.75, 3.05) is 13.6 Å². The van der Waals surface area contributed by atoms with Gasteiger partial charge in [-0.3, -0.25) is 0 Å². The summed E-state index contributed by atoms with van der Waals surface area (Å²) in [6.45, 7) is 3.18. The Morgan fingerprint density at radius 1 is 1.47 bits per heavy atom. The fraction of sp³-hybridized carbons (Fsp3) is 0.467. The summed E-state index contributed by atoms with van der Waals surface area (Å²) in [5.74, 6) is 1.01. The maximum Gasteiger partial charge on any atom is 0.120 e. The van der Waals surface area contributed by atoms with Crippen LogP contribution in [0, 0.1) is 0 Å². The van der Waals surface area contributed by atoms with Crippen LogP contribution in [0.25, 0.3) is 5.57 Å². The summed E-state index contributed by atoms with van der Waals surface area (Å²) < 4.78 is 5.80. The van der Waals surface area contributed by atoms with Gasteiger partial charge in [-0.2, -0.15) is 0 Å². The fourth-order valence-corrected chi connectivity index (χ4v) is 1.74. The Balaban J connectivity index is 2.00. The average molecular weight is 231 g/mol. The highest BCUT2D eigenvalue weighted by Crippen LogP contribution is 2.28. The van der Waals surface area contributed by atoms with Crippen LogP contribution in [0.2, 0.25) is 0 Å². The van der Waals surface area contributed by atoms with Gasteiger partial charge >= 0.3 is 0 Å². The van der Waals surface area contributed by atoms with Crippen molar-refractivity contribution < 1.29 is 4.74 Å². The first kappa shape index (κ1) is 12.2. The van der Waals surface area contributed by atoms with Crippen molar-refractivity contribution in [1.82, 2.24) is 5.32 Å². The third-order valence-electron chi connectivity index (χ3n) is 2.96. The van der Waals surface area contributed by atoms with Crippen molar-refractivity contribution in [3.8, 4) is 5.75 Å². The molecular formula is C15H21NO. The lowest BCUT2D eigenvalue weighted by Gasteiger charge is -2.07. The van der Waals surface area contributed by atoms with Gasteiger partial charge < -0.3 is 10.1 Å². The van der Waals surface area contributed by atoms with E-state index in [1.54, 1.807) is 0 Å². The first-order valence-electron chi connectivity index (χ1n) is 6.38. The van der Waals surface area contributed by atoms with E-state index in [4.69, 9.17) is 4.74 Å². The Morgan fingerprint density at radius 2 is 2.29 bits per heavy atom. The molecular weight excluding hydrogens is 210 g/mol. The van der Waals surface area contributed by atoms with Crippen LogP contribution in [0.15, 0.2) is 30.3 Å². The van der Waals surface area contributed by atoms with Gasteiger partial charge in [-0.25, -0.2) is 0 Å². The van der Waals surface area contributed by atoms with E-state index in [-0.39, 0.29) is 0 Å². The molecule has 0 atom stereocenters. The van der Waals surface area contributed by atoms with Crippen molar-refractivity contribution in [1.29, 1.82) is 0 Å². The number of hydrogen-bond acceptors (Lipinski definition) is 2. The summed E-state index contributed by atoms with van der Waals surface area (Å²) in [6, 6.07) is 8.40. The molecule has 17 heavy (non-hydrogen) atoms. The zero-order valence-electron chi connectivity index (χ0n) is 10.7. The fourth-order valence-electron chi connectivity index (χ4n) is 1.74. The normalized spacial score (nSPS) is 16.0. The molecule has 1 fully saturated rings. The zero-order valence-corrected chi connectivity index (χ0v) is 10.7.